The number of rotatable bonds is 4. The molecule has 3 rings (SSSR count). The van der Waals surface area contributed by atoms with E-state index >= 15 is 0 Å². The lowest BCUT2D eigenvalue weighted by molar-refractivity contribution is -0.125. The summed E-state index contributed by atoms with van der Waals surface area (Å²) in [5, 5.41) is 4.84. The number of hydrogen-bond acceptors (Lipinski definition) is 1. The van der Waals surface area contributed by atoms with Crippen LogP contribution in [0.25, 0.3) is 10.9 Å². The fourth-order valence-electron chi connectivity index (χ4n) is 3.20. The van der Waals surface area contributed by atoms with Crippen molar-refractivity contribution in [2.45, 2.75) is 32.7 Å². The molecule has 0 fully saturated rings. The molecule has 2 N–H and O–H groups in total. The lowest BCUT2D eigenvalue weighted by Gasteiger charge is -2.24. The first-order valence-corrected chi connectivity index (χ1v) is 8.38. The maximum absolute atomic E-state index is 12.8. The first kappa shape index (κ1) is 16.6. The van der Waals surface area contributed by atoms with Gasteiger partial charge in [0.15, 0.2) is 0 Å². The highest BCUT2D eigenvalue weighted by Crippen LogP contribution is 2.33. The van der Waals surface area contributed by atoms with Gasteiger partial charge in [0, 0.05) is 28.2 Å². The van der Waals surface area contributed by atoms with Gasteiger partial charge in [0.2, 0.25) is 5.91 Å². The molecule has 0 bridgehead atoms. The summed E-state index contributed by atoms with van der Waals surface area (Å²) in [6.45, 7) is 6.43. The second-order valence-corrected chi connectivity index (χ2v) is 7.04. The maximum atomic E-state index is 12.8. The Morgan fingerprint density at radius 1 is 1.12 bits per heavy atom. The number of para-hydroxylation sites is 1. The summed E-state index contributed by atoms with van der Waals surface area (Å²) in [5.74, 6) is 0.00491. The number of aryl methyl sites for hydroxylation is 1. The Hall–Kier alpha value is -2.26. The normalized spacial score (nSPS) is 11.7. The van der Waals surface area contributed by atoms with Crippen molar-refractivity contribution in [1.29, 1.82) is 0 Å². The Bertz CT molecular complexity index is 878. The zero-order chi connectivity index (χ0) is 17.3. The molecule has 0 aliphatic carbocycles. The molecular formula is C20H21ClN2O. The molecule has 0 aliphatic rings. The van der Waals surface area contributed by atoms with Crippen LogP contribution < -0.4 is 5.32 Å². The molecule has 0 aliphatic heterocycles. The summed E-state index contributed by atoms with van der Waals surface area (Å²) in [4.78, 5) is 16.2. The number of aromatic nitrogens is 1. The second kappa shape index (κ2) is 6.33. The fraction of sp³-hybridized carbons (Fsp3) is 0.250. The van der Waals surface area contributed by atoms with E-state index in [0.29, 0.717) is 11.6 Å². The number of hydrogen-bond donors (Lipinski definition) is 2. The van der Waals surface area contributed by atoms with Crippen LogP contribution in [0, 0.1) is 6.92 Å². The van der Waals surface area contributed by atoms with Crippen molar-refractivity contribution in [2.75, 3.05) is 0 Å². The number of aromatic amines is 1. The molecule has 2 aromatic carbocycles. The van der Waals surface area contributed by atoms with Gasteiger partial charge in [-0.1, -0.05) is 41.9 Å². The third-order valence-corrected chi connectivity index (χ3v) is 4.70. The topological polar surface area (TPSA) is 44.9 Å². The van der Waals surface area contributed by atoms with Gasteiger partial charge >= 0.3 is 0 Å². The molecule has 1 amide bonds. The molecule has 124 valence electrons. The van der Waals surface area contributed by atoms with E-state index in [-0.39, 0.29) is 5.91 Å². The Morgan fingerprint density at radius 2 is 1.79 bits per heavy atom. The van der Waals surface area contributed by atoms with Gasteiger partial charge in [0.25, 0.3) is 0 Å². The molecule has 24 heavy (non-hydrogen) atoms. The summed E-state index contributed by atoms with van der Waals surface area (Å²) >= 11 is 5.90. The van der Waals surface area contributed by atoms with E-state index in [1.165, 1.54) is 0 Å². The SMILES string of the molecule is Cc1[nH]c2ccccc2c1C(C)(C)C(=O)NCc1ccc(Cl)cc1. The number of amides is 1. The smallest absolute Gasteiger partial charge is 0.230 e. The standard InChI is InChI=1S/C20H21ClN2O/c1-13-18(16-6-4-5-7-17(16)23-13)20(2,3)19(24)22-12-14-8-10-15(21)11-9-14/h4-11,23H,12H2,1-3H3,(H,22,24). The molecule has 1 heterocycles. The molecule has 0 atom stereocenters. The van der Waals surface area contributed by atoms with E-state index in [1.54, 1.807) is 0 Å². The van der Waals surface area contributed by atoms with Gasteiger partial charge in [-0.05, 0) is 50.1 Å². The summed E-state index contributed by atoms with van der Waals surface area (Å²) in [6, 6.07) is 15.6. The van der Waals surface area contributed by atoms with Gasteiger partial charge in [-0.15, -0.1) is 0 Å². The third-order valence-electron chi connectivity index (χ3n) is 4.45. The van der Waals surface area contributed by atoms with Crippen molar-refractivity contribution in [2.24, 2.45) is 0 Å². The molecule has 4 heteroatoms. The van der Waals surface area contributed by atoms with Crippen LogP contribution in [0.4, 0.5) is 0 Å². The van der Waals surface area contributed by atoms with Crippen LogP contribution >= 0.6 is 11.6 Å². The molecule has 0 saturated heterocycles. The zero-order valence-corrected chi connectivity index (χ0v) is 14.9. The van der Waals surface area contributed by atoms with E-state index in [4.69, 9.17) is 11.6 Å². The maximum Gasteiger partial charge on any atom is 0.230 e. The van der Waals surface area contributed by atoms with Crippen LogP contribution in [-0.2, 0) is 16.8 Å². The van der Waals surface area contributed by atoms with Gasteiger partial charge in [0.1, 0.15) is 0 Å². The highest BCUT2D eigenvalue weighted by molar-refractivity contribution is 6.30. The number of carbonyl (C=O) groups excluding carboxylic acids is 1. The largest absolute Gasteiger partial charge is 0.358 e. The predicted octanol–water partition coefficient (Wildman–Crippen LogP) is 4.72. The number of carbonyl (C=O) groups is 1. The minimum atomic E-state index is -0.629. The second-order valence-electron chi connectivity index (χ2n) is 6.60. The Morgan fingerprint density at radius 3 is 2.50 bits per heavy atom. The Labute approximate surface area is 147 Å². The fourth-order valence-corrected chi connectivity index (χ4v) is 3.33. The van der Waals surface area contributed by atoms with E-state index in [1.807, 2.05) is 63.2 Å². The van der Waals surface area contributed by atoms with Crippen molar-refractivity contribution in [3.8, 4) is 0 Å². The molecule has 1 aromatic heterocycles. The summed E-state index contributed by atoms with van der Waals surface area (Å²) in [7, 11) is 0. The van der Waals surface area contributed by atoms with Gasteiger partial charge < -0.3 is 10.3 Å². The zero-order valence-electron chi connectivity index (χ0n) is 14.1. The first-order chi connectivity index (χ1) is 11.4. The van der Waals surface area contributed by atoms with Crippen LogP contribution in [0.3, 0.4) is 0 Å². The van der Waals surface area contributed by atoms with Crippen molar-refractivity contribution in [3.63, 3.8) is 0 Å². The monoisotopic (exact) mass is 340 g/mol. The average Bonchev–Trinajstić information content (AvgIpc) is 2.90. The number of halogens is 1. The van der Waals surface area contributed by atoms with Crippen LogP contribution in [0.5, 0.6) is 0 Å². The quantitative estimate of drug-likeness (QED) is 0.709. The predicted molar refractivity (Wildman–Crippen MR) is 99.4 cm³/mol. The minimum Gasteiger partial charge on any atom is -0.358 e. The van der Waals surface area contributed by atoms with Crippen molar-refractivity contribution < 1.29 is 4.79 Å². The van der Waals surface area contributed by atoms with Crippen molar-refractivity contribution in [1.82, 2.24) is 10.3 Å². The molecule has 3 aromatic rings. The van der Waals surface area contributed by atoms with Crippen molar-refractivity contribution >= 4 is 28.4 Å². The molecule has 3 nitrogen and oxygen atoms in total. The molecular weight excluding hydrogens is 320 g/mol. The lowest BCUT2D eigenvalue weighted by atomic mass is 9.81. The number of fused-ring (bicyclic) bond motifs is 1. The van der Waals surface area contributed by atoms with Crippen LogP contribution in [0.2, 0.25) is 5.02 Å². The number of nitrogens with one attached hydrogen (secondary N) is 2. The molecule has 0 unspecified atom stereocenters. The van der Waals surface area contributed by atoms with Crippen LogP contribution in [0.1, 0.15) is 30.7 Å². The molecule has 0 spiro atoms. The van der Waals surface area contributed by atoms with Gasteiger partial charge in [-0.25, -0.2) is 0 Å². The van der Waals surface area contributed by atoms with Crippen molar-refractivity contribution in [3.05, 3.63) is 70.4 Å². The van der Waals surface area contributed by atoms with E-state index in [9.17, 15) is 4.79 Å². The van der Waals surface area contributed by atoms with Crippen LogP contribution in [0.15, 0.2) is 48.5 Å². The average molecular weight is 341 g/mol. The minimum absolute atomic E-state index is 0.00491. The van der Waals surface area contributed by atoms with E-state index in [0.717, 1.165) is 27.7 Å². The lowest BCUT2D eigenvalue weighted by Crippen LogP contribution is -2.40. The summed E-state index contributed by atoms with van der Waals surface area (Å²) in [6.07, 6.45) is 0. The van der Waals surface area contributed by atoms with Gasteiger partial charge in [0.05, 0.1) is 5.41 Å². The Kier molecular flexibility index (Phi) is 4.37. The highest BCUT2D eigenvalue weighted by Gasteiger charge is 2.33. The van der Waals surface area contributed by atoms with Gasteiger partial charge in [-0.3, -0.25) is 4.79 Å². The first-order valence-electron chi connectivity index (χ1n) is 8.00. The van der Waals surface area contributed by atoms with Gasteiger partial charge in [-0.2, -0.15) is 0 Å². The van der Waals surface area contributed by atoms with E-state index in [2.05, 4.69) is 16.4 Å². The highest BCUT2D eigenvalue weighted by atomic mass is 35.5. The summed E-state index contributed by atoms with van der Waals surface area (Å²) in [5.41, 5.74) is 3.54. The van der Waals surface area contributed by atoms with E-state index < -0.39 is 5.41 Å². The summed E-state index contributed by atoms with van der Waals surface area (Å²) < 4.78 is 0. The van der Waals surface area contributed by atoms with Crippen LogP contribution in [-0.4, -0.2) is 10.9 Å². The third kappa shape index (κ3) is 3.04. The Balaban J connectivity index is 1.84. The number of H-pyrrole nitrogens is 1. The molecule has 0 saturated carbocycles. The number of benzene rings is 2. The molecule has 0 radical (unpaired) electrons.